The predicted molar refractivity (Wildman–Crippen MR) is 86.5 cm³/mol. The van der Waals surface area contributed by atoms with Gasteiger partial charge in [0, 0.05) is 23.0 Å². The Morgan fingerprint density at radius 2 is 2.05 bits per heavy atom. The number of hydrogen-bond donors (Lipinski definition) is 1. The van der Waals surface area contributed by atoms with Crippen LogP contribution in [0.25, 0.3) is 16.9 Å². The van der Waals surface area contributed by atoms with Crippen LogP contribution < -0.4 is 5.32 Å². The fourth-order valence-corrected chi connectivity index (χ4v) is 3.28. The van der Waals surface area contributed by atoms with E-state index in [4.69, 9.17) is 23.2 Å². The van der Waals surface area contributed by atoms with E-state index in [9.17, 15) is 0 Å². The van der Waals surface area contributed by atoms with Crippen molar-refractivity contribution in [3.8, 4) is 11.3 Å². The largest absolute Gasteiger partial charge is 0.316 e. The lowest BCUT2D eigenvalue weighted by atomic mass is 10.1. The maximum Gasteiger partial charge on any atom is 0.177 e. The molecule has 0 saturated carbocycles. The fraction of sp³-hybridized carbons (Fsp3) is 0.267. The van der Waals surface area contributed by atoms with Gasteiger partial charge in [-0.1, -0.05) is 23.2 Å². The zero-order chi connectivity index (χ0) is 15.1. The Hall–Kier alpha value is -1.69. The first-order valence-electron chi connectivity index (χ1n) is 7.11. The summed E-state index contributed by atoms with van der Waals surface area (Å²) in [6.45, 7) is 1.91. The van der Waals surface area contributed by atoms with Crippen LogP contribution in [-0.2, 0) is 0 Å². The molecule has 4 rings (SSSR count). The Kier molecular flexibility index (Phi) is 3.48. The Labute approximate surface area is 137 Å². The molecule has 5 nitrogen and oxygen atoms in total. The summed E-state index contributed by atoms with van der Waals surface area (Å²) in [7, 11) is 0. The minimum absolute atomic E-state index is 0.346. The van der Waals surface area contributed by atoms with Crippen LogP contribution in [0.1, 0.15) is 18.2 Å². The number of benzene rings is 1. The molecule has 1 aromatic carbocycles. The van der Waals surface area contributed by atoms with Crippen molar-refractivity contribution in [2.45, 2.75) is 12.3 Å². The van der Waals surface area contributed by atoms with E-state index in [2.05, 4.69) is 20.6 Å². The summed E-state index contributed by atoms with van der Waals surface area (Å²) in [5.41, 5.74) is 2.37. The van der Waals surface area contributed by atoms with E-state index in [1.54, 1.807) is 6.07 Å². The summed E-state index contributed by atoms with van der Waals surface area (Å²) < 4.78 is 1.82. The second-order valence-electron chi connectivity index (χ2n) is 5.36. The molecule has 7 heteroatoms. The number of hydrogen-bond acceptors (Lipinski definition) is 4. The van der Waals surface area contributed by atoms with Gasteiger partial charge in [-0.25, -0.2) is 0 Å². The van der Waals surface area contributed by atoms with Crippen molar-refractivity contribution >= 4 is 28.8 Å². The molecule has 22 heavy (non-hydrogen) atoms. The lowest BCUT2D eigenvalue weighted by Gasteiger charge is -2.08. The fourth-order valence-electron chi connectivity index (χ4n) is 2.78. The van der Waals surface area contributed by atoms with Gasteiger partial charge < -0.3 is 5.32 Å². The molecule has 1 aliphatic rings. The van der Waals surface area contributed by atoms with E-state index in [1.165, 1.54) is 0 Å². The quantitative estimate of drug-likeness (QED) is 0.782. The molecule has 1 fully saturated rings. The van der Waals surface area contributed by atoms with Gasteiger partial charge in [-0.05, 0) is 43.3 Å². The number of halogens is 2. The van der Waals surface area contributed by atoms with Crippen LogP contribution in [0.4, 0.5) is 0 Å². The lowest BCUT2D eigenvalue weighted by molar-refractivity contribution is 0.668. The highest BCUT2D eigenvalue weighted by Gasteiger charge is 2.23. The van der Waals surface area contributed by atoms with Crippen molar-refractivity contribution < 1.29 is 0 Å². The lowest BCUT2D eigenvalue weighted by Crippen LogP contribution is -2.11. The first-order chi connectivity index (χ1) is 10.7. The molecule has 3 aromatic rings. The van der Waals surface area contributed by atoms with Gasteiger partial charge in [-0.3, -0.25) is 0 Å². The molecule has 0 radical (unpaired) electrons. The molecular formula is C15H13Cl2N5. The zero-order valence-electron chi connectivity index (χ0n) is 11.6. The third kappa shape index (κ3) is 2.35. The van der Waals surface area contributed by atoms with Crippen LogP contribution in [-0.4, -0.2) is 32.9 Å². The molecule has 1 aliphatic heterocycles. The summed E-state index contributed by atoms with van der Waals surface area (Å²) in [6.07, 6.45) is 1.05. The molecule has 0 bridgehead atoms. The van der Waals surface area contributed by atoms with Gasteiger partial charge in [0.15, 0.2) is 11.5 Å². The van der Waals surface area contributed by atoms with Crippen molar-refractivity contribution in [2.75, 3.05) is 13.1 Å². The van der Waals surface area contributed by atoms with Crippen molar-refractivity contribution in [1.29, 1.82) is 0 Å². The van der Waals surface area contributed by atoms with E-state index in [-0.39, 0.29) is 0 Å². The van der Waals surface area contributed by atoms with Gasteiger partial charge in [0.05, 0.1) is 10.7 Å². The third-order valence-electron chi connectivity index (χ3n) is 3.92. The molecule has 2 aromatic heterocycles. The SMILES string of the molecule is Clc1ccc(-c2ccc3nnc([C@H]4CCNC4)n3n2)c(Cl)c1. The average Bonchev–Trinajstić information content (AvgIpc) is 3.15. The smallest absolute Gasteiger partial charge is 0.177 e. The summed E-state index contributed by atoms with van der Waals surface area (Å²) in [5.74, 6) is 1.24. The molecule has 3 heterocycles. The topological polar surface area (TPSA) is 55.1 Å². The first-order valence-corrected chi connectivity index (χ1v) is 7.86. The Bertz CT molecular complexity index is 839. The van der Waals surface area contributed by atoms with Crippen LogP contribution in [0.3, 0.4) is 0 Å². The van der Waals surface area contributed by atoms with Gasteiger partial charge in [-0.15, -0.1) is 10.2 Å². The number of aromatic nitrogens is 4. The van der Waals surface area contributed by atoms with Gasteiger partial charge in [0.25, 0.3) is 0 Å². The van der Waals surface area contributed by atoms with Crippen LogP contribution in [0.5, 0.6) is 0 Å². The molecule has 0 amide bonds. The summed E-state index contributed by atoms with van der Waals surface area (Å²) in [6, 6.07) is 9.21. The standard InChI is InChI=1S/C15H13Cl2N5/c16-10-1-2-11(12(17)7-10)13-3-4-14-19-20-15(22(14)21-13)9-5-6-18-8-9/h1-4,7,9,18H,5-6,8H2/t9-/m0/s1. The predicted octanol–water partition coefficient (Wildman–Crippen LogP) is 3.18. The van der Waals surface area contributed by atoms with E-state index in [0.29, 0.717) is 16.0 Å². The van der Waals surface area contributed by atoms with Crippen molar-refractivity contribution in [1.82, 2.24) is 25.1 Å². The van der Waals surface area contributed by atoms with E-state index in [1.807, 2.05) is 28.8 Å². The number of fused-ring (bicyclic) bond motifs is 1. The number of nitrogens with one attached hydrogen (secondary N) is 1. The monoisotopic (exact) mass is 333 g/mol. The van der Waals surface area contributed by atoms with Crippen molar-refractivity contribution in [2.24, 2.45) is 0 Å². The Morgan fingerprint density at radius 1 is 1.14 bits per heavy atom. The molecule has 1 atom stereocenters. The highest BCUT2D eigenvalue weighted by molar-refractivity contribution is 6.36. The summed E-state index contributed by atoms with van der Waals surface area (Å²) >= 11 is 12.2. The molecule has 1 saturated heterocycles. The van der Waals surface area contributed by atoms with E-state index in [0.717, 1.165) is 42.2 Å². The highest BCUT2D eigenvalue weighted by Crippen LogP contribution is 2.29. The summed E-state index contributed by atoms with van der Waals surface area (Å²) in [5, 5.41) is 17.7. The van der Waals surface area contributed by atoms with Gasteiger partial charge >= 0.3 is 0 Å². The maximum absolute atomic E-state index is 6.28. The maximum atomic E-state index is 6.28. The van der Waals surface area contributed by atoms with E-state index < -0.39 is 0 Å². The second kappa shape index (κ2) is 5.50. The van der Waals surface area contributed by atoms with Crippen molar-refractivity contribution in [3.63, 3.8) is 0 Å². The minimum atomic E-state index is 0.346. The number of rotatable bonds is 2. The Morgan fingerprint density at radius 3 is 2.82 bits per heavy atom. The Balaban J connectivity index is 1.83. The van der Waals surface area contributed by atoms with Crippen LogP contribution in [0.2, 0.25) is 10.0 Å². The molecule has 0 unspecified atom stereocenters. The number of nitrogens with zero attached hydrogens (tertiary/aromatic N) is 4. The van der Waals surface area contributed by atoms with Crippen LogP contribution >= 0.6 is 23.2 Å². The third-order valence-corrected chi connectivity index (χ3v) is 4.47. The van der Waals surface area contributed by atoms with Crippen LogP contribution in [0.15, 0.2) is 30.3 Å². The minimum Gasteiger partial charge on any atom is -0.316 e. The zero-order valence-corrected chi connectivity index (χ0v) is 13.1. The molecule has 0 spiro atoms. The molecule has 112 valence electrons. The summed E-state index contributed by atoms with van der Waals surface area (Å²) in [4.78, 5) is 0. The van der Waals surface area contributed by atoms with Crippen LogP contribution in [0, 0.1) is 0 Å². The normalized spacial score (nSPS) is 18.2. The molecule has 0 aliphatic carbocycles. The van der Waals surface area contributed by atoms with Crippen molar-refractivity contribution in [3.05, 3.63) is 46.2 Å². The second-order valence-corrected chi connectivity index (χ2v) is 6.20. The average molecular weight is 334 g/mol. The van der Waals surface area contributed by atoms with Gasteiger partial charge in [0.1, 0.15) is 0 Å². The first kappa shape index (κ1) is 13.9. The molecular weight excluding hydrogens is 321 g/mol. The highest BCUT2D eigenvalue weighted by atomic mass is 35.5. The van der Waals surface area contributed by atoms with Gasteiger partial charge in [-0.2, -0.15) is 9.61 Å². The van der Waals surface area contributed by atoms with Gasteiger partial charge in [0.2, 0.25) is 0 Å². The molecule has 1 N–H and O–H groups in total. The van der Waals surface area contributed by atoms with E-state index >= 15 is 0 Å².